The molecular formula is C20H28N2. The Bertz CT molecular complexity index is 559. The van der Waals surface area contributed by atoms with Gasteiger partial charge in [0.2, 0.25) is 0 Å². The first-order valence-electron chi connectivity index (χ1n) is 8.55. The lowest BCUT2D eigenvalue weighted by Gasteiger charge is -2.37. The summed E-state index contributed by atoms with van der Waals surface area (Å²) in [6, 6.07) is 4.74. The van der Waals surface area contributed by atoms with E-state index in [0.717, 1.165) is 36.8 Å². The molecule has 0 aromatic heterocycles. The lowest BCUT2D eigenvalue weighted by atomic mass is 9.67. The molecule has 2 bridgehead atoms. The Morgan fingerprint density at radius 3 is 2.50 bits per heavy atom. The zero-order valence-corrected chi connectivity index (χ0v) is 14.4. The van der Waals surface area contributed by atoms with Gasteiger partial charge in [-0.2, -0.15) is 10.5 Å². The van der Waals surface area contributed by atoms with E-state index in [1.54, 1.807) is 0 Å². The molecule has 0 amide bonds. The highest BCUT2D eigenvalue weighted by atomic mass is 14.5. The van der Waals surface area contributed by atoms with E-state index in [9.17, 15) is 10.5 Å². The van der Waals surface area contributed by atoms with Crippen LogP contribution in [-0.4, -0.2) is 0 Å². The third kappa shape index (κ3) is 2.85. The fraction of sp³-hybridized carbons (Fsp3) is 0.700. The minimum Gasteiger partial charge on any atom is -0.193 e. The molecule has 0 aliphatic heterocycles. The molecule has 0 spiro atoms. The predicted molar refractivity (Wildman–Crippen MR) is 89.5 cm³/mol. The van der Waals surface area contributed by atoms with Gasteiger partial charge in [0, 0.05) is 11.1 Å². The van der Waals surface area contributed by atoms with Crippen molar-refractivity contribution in [3.8, 4) is 12.1 Å². The molecule has 0 N–H and O–H groups in total. The van der Waals surface area contributed by atoms with Gasteiger partial charge in [-0.3, -0.25) is 0 Å². The van der Waals surface area contributed by atoms with Crippen LogP contribution in [0.5, 0.6) is 0 Å². The molecule has 0 radical (unpaired) electrons. The Kier molecular flexibility index (Phi) is 4.81. The van der Waals surface area contributed by atoms with Crippen LogP contribution in [0.15, 0.2) is 23.8 Å². The van der Waals surface area contributed by atoms with Gasteiger partial charge in [-0.05, 0) is 60.7 Å². The van der Waals surface area contributed by atoms with Gasteiger partial charge in [-0.1, -0.05) is 40.3 Å². The molecule has 1 fully saturated rings. The van der Waals surface area contributed by atoms with Crippen LogP contribution in [0.1, 0.15) is 53.4 Å². The second-order valence-corrected chi connectivity index (χ2v) is 7.81. The highest BCUT2D eigenvalue weighted by molar-refractivity contribution is 5.33. The normalized spacial score (nSPS) is 41.9. The summed E-state index contributed by atoms with van der Waals surface area (Å²) >= 11 is 0. The van der Waals surface area contributed by atoms with Crippen LogP contribution in [0, 0.1) is 57.7 Å². The number of hydrogen-bond acceptors (Lipinski definition) is 2. The molecule has 0 saturated heterocycles. The summed E-state index contributed by atoms with van der Waals surface area (Å²) in [4.78, 5) is 0. The molecule has 2 rings (SSSR count). The smallest absolute Gasteiger partial charge is 0.0947 e. The van der Waals surface area contributed by atoms with Crippen molar-refractivity contribution in [2.45, 2.75) is 53.4 Å². The van der Waals surface area contributed by atoms with E-state index in [1.165, 1.54) is 0 Å². The van der Waals surface area contributed by atoms with Crippen molar-refractivity contribution < 1.29 is 0 Å². The molecule has 6 atom stereocenters. The molecule has 118 valence electrons. The quantitative estimate of drug-likeness (QED) is 0.620. The van der Waals surface area contributed by atoms with Crippen LogP contribution in [0.2, 0.25) is 0 Å². The third-order valence-electron chi connectivity index (χ3n) is 6.71. The summed E-state index contributed by atoms with van der Waals surface area (Å²) in [6.45, 7) is 13.2. The Hall–Kier alpha value is -1.54. The Morgan fingerprint density at radius 1 is 1.23 bits per heavy atom. The summed E-state index contributed by atoms with van der Waals surface area (Å²) in [5, 5.41) is 18.8. The second kappa shape index (κ2) is 6.29. The van der Waals surface area contributed by atoms with Gasteiger partial charge in [0.15, 0.2) is 0 Å². The van der Waals surface area contributed by atoms with Crippen LogP contribution < -0.4 is 0 Å². The van der Waals surface area contributed by atoms with Gasteiger partial charge < -0.3 is 0 Å². The number of hydrogen-bond donors (Lipinski definition) is 0. The number of nitrogens with zero attached hydrogens (tertiary/aromatic N) is 2. The number of rotatable bonds is 1. The summed E-state index contributed by atoms with van der Waals surface area (Å²) < 4.78 is 0. The largest absolute Gasteiger partial charge is 0.193 e. The first-order chi connectivity index (χ1) is 10.3. The molecule has 2 aliphatic rings. The molecule has 0 aromatic carbocycles. The van der Waals surface area contributed by atoms with Gasteiger partial charge in [-0.25, -0.2) is 0 Å². The van der Waals surface area contributed by atoms with Gasteiger partial charge in [0.05, 0.1) is 12.1 Å². The van der Waals surface area contributed by atoms with Gasteiger partial charge in [-0.15, -0.1) is 0 Å². The van der Waals surface area contributed by atoms with E-state index < -0.39 is 0 Å². The fourth-order valence-corrected chi connectivity index (χ4v) is 4.55. The van der Waals surface area contributed by atoms with E-state index in [1.807, 2.05) is 0 Å². The summed E-state index contributed by atoms with van der Waals surface area (Å²) in [7, 11) is 0. The molecular weight excluding hydrogens is 268 g/mol. The van der Waals surface area contributed by atoms with E-state index in [2.05, 4.69) is 52.5 Å². The molecule has 2 heteroatoms. The average molecular weight is 296 g/mol. The zero-order valence-electron chi connectivity index (χ0n) is 14.4. The van der Waals surface area contributed by atoms with Gasteiger partial charge >= 0.3 is 0 Å². The maximum atomic E-state index is 9.49. The molecule has 2 nitrogen and oxygen atoms in total. The average Bonchev–Trinajstić information content (AvgIpc) is 2.74. The summed E-state index contributed by atoms with van der Waals surface area (Å²) in [5.41, 5.74) is 1.81. The standard InChI is InChI=1S/C20H28N2/c1-13-6-7-19-16(4)20(5,10-17(19)12-22)9-8-18(15(13)3)14(2)11-21/h10,13,15-16,18-19H,2,6-9H2,1,3-5H3/t13-,15+,16-,18?,19?,20+/m1/s1. The summed E-state index contributed by atoms with van der Waals surface area (Å²) in [6.07, 6.45) is 6.49. The third-order valence-corrected chi connectivity index (χ3v) is 6.71. The van der Waals surface area contributed by atoms with Gasteiger partial charge in [0.25, 0.3) is 0 Å². The first kappa shape index (κ1) is 16.8. The van der Waals surface area contributed by atoms with Crippen molar-refractivity contribution in [1.82, 2.24) is 0 Å². The minimum atomic E-state index is 0.0873. The molecule has 22 heavy (non-hydrogen) atoms. The van der Waals surface area contributed by atoms with Crippen LogP contribution in [-0.2, 0) is 0 Å². The van der Waals surface area contributed by atoms with Crippen LogP contribution in [0.25, 0.3) is 0 Å². The number of fused-ring (bicyclic) bond motifs is 2. The Labute approximate surface area is 135 Å². The van der Waals surface area contributed by atoms with Crippen LogP contribution in [0.3, 0.4) is 0 Å². The number of allylic oxidation sites excluding steroid dienone is 3. The molecule has 0 heterocycles. The SMILES string of the molecule is C=C(C#N)C1CC[C@@]2(C)C=C(C#N)C(CC[C@@H](C)[C@@H]1C)[C@H]2C. The maximum Gasteiger partial charge on any atom is 0.0947 e. The van der Waals surface area contributed by atoms with E-state index in [4.69, 9.17) is 0 Å². The fourth-order valence-electron chi connectivity index (χ4n) is 4.55. The Balaban J connectivity index is 2.34. The lowest BCUT2D eigenvalue weighted by molar-refractivity contribution is 0.158. The van der Waals surface area contributed by atoms with Crippen molar-refractivity contribution in [3.05, 3.63) is 23.8 Å². The van der Waals surface area contributed by atoms with E-state index in [-0.39, 0.29) is 11.3 Å². The van der Waals surface area contributed by atoms with Crippen molar-refractivity contribution >= 4 is 0 Å². The molecule has 2 unspecified atom stereocenters. The van der Waals surface area contributed by atoms with Crippen molar-refractivity contribution in [1.29, 1.82) is 10.5 Å². The lowest BCUT2D eigenvalue weighted by Crippen LogP contribution is -2.29. The van der Waals surface area contributed by atoms with Gasteiger partial charge in [0.1, 0.15) is 0 Å². The minimum absolute atomic E-state index is 0.0873. The highest BCUT2D eigenvalue weighted by Crippen LogP contribution is 2.52. The zero-order chi connectivity index (χ0) is 16.5. The summed E-state index contributed by atoms with van der Waals surface area (Å²) in [5.74, 6) is 2.25. The van der Waals surface area contributed by atoms with E-state index >= 15 is 0 Å². The van der Waals surface area contributed by atoms with Crippen molar-refractivity contribution in [2.75, 3.05) is 0 Å². The van der Waals surface area contributed by atoms with Crippen molar-refractivity contribution in [2.24, 2.45) is 35.0 Å². The Morgan fingerprint density at radius 2 is 1.91 bits per heavy atom. The first-order valence-corrected chi connectivity index (χ1v) is 8.55. The molecule has 2 aliphatic carbocycles. The second-order valence-electron chi connectivity index (χ2n) is 7.81. The van der Waals surface area contributed by atoms with E-state index in [0.29, 0.717) is 23.7 Å². The van der Waals surface area contributed by atoms with Crippen LogP contribution in [0.4, 0.5) is 0 Å². The topological polar surface area (TPSA) is 47.6 Å². The molecule has 0 aromatic rings. The highest BCUT2D eigenvalue weighted by Gasteiger charge is 2.44. The van der Waals surface area contributed by atoms with Crippen LogP contribution >= 0.6 is 0 Å². The van der Waals surface area contributed by atoms with Crippen molar-refractivity contribution in [3.63, 3.8) is 0 Å². The monoisotopic (exact) mass is 296 g/mol. The predicted octanol–water partition coefficient (Wildman–Crippen LogP) is 5.25. The number of nitriles is 2. The maximum absolute atomic E-state index is 9.49. The molecule has 1 saturated carbocycles.